The van der Waals surface area contributed by atoms with E-state index in [1.54, 1.807) is 24.3 Å². The van der Waals surface area contributed by atoms with Crippen molar-refractivity contribution in [2.24, 2.45) is 0 Å². The standard InChI is InChI=1S/C21H28FN3O5/c22-16-3-1-2-15(10-16)12-23-20(27)11-17-4-5-18(19(14-26)30-17)24-21(28)13-25-6-8-29-9-7-25/h1-5,10,17-19,26H,6-9,11-14H2,(H,23,27)(H,24,28)/t17-,18-,19-/m1/s1. The van der Waals surface area contributed by atoms with E-state index in [-0.39, 0.29) is 43.7 Å². The Morgan fingerprint density at radius 2 is 2.00 bits per heavy atom. The average molecular weight is 421 g/mol. The Morgan fingerprint density at radius 1 is 1.20 bits per heavy atom. The van der Waals surface area contributed by atoms with Gasteiger partial charge < -0.3 is 25.2 Å². The Balaban J connectivity index is 1.45. The van der Waals surface area contributed by atoms with Crippen molar-refractivity contribution in [2.75, 3.05) is 39.5 Å². The highest BCUT2D eigenvalue weighted by Gasteiger charge is 2.29. The lowest BCUT2D eigenvalue weighted by atomic mass is 10.0. The van der Waals surface area contributed by atoms with Crippen LogP contribution in [0.15, 0.2) is 36.4 Å². The molecule has 2 amide bonds. The van der Waals surface area contributed by atoms with Crippen molar-refractivity contribution >= 4 is 11.8 Å². The molecule has 9 heteroatoms. The van der Waals surface area contributed by atoms with Crippen molar-refractivity contribution in [1.82, 2.24) is 15.5 Å². The van der Waals surface area contributed by atoms with E-state index in [0.29, 0.717) is 31.9 Å². The largest absolute Gasteiger partial charge is 0.394 e. The molecule has 3 N–H and O–H groups in total. The number of morpholine rings is 1. The van der Waals surface area contributed by atoms with E-state index in [1.807, 2.05) is 4.90 Å². The van der Waals surface area contributed by atoms with E-state index >= 15 is 0 Å². The minimum atomic E-state index is -0.635. The summed E-state index contributed by atoms with van der Waals surface area (Å²) in [5.74, 6) is -0.756. The number of hydrogen-bond acceptors (Lipinski definition) is 6. The Morgan fingerprint density at radius 3 is 2.73 bits per heavy atom. The van der Waals surface area contributed by atoms with Crippen LogP contribution in [0.25, 0.3) is 0 Å². The number of aliphatic hydroxyl groups is 1. The number of nitrogens with zero attached hydrogens (tertiary/aromatic N) is 1. The van der Waals surface area contributed by atoms with Gasteiger partial charge in [-0.25, -0.2) is 4.39 Å². The van der Waals surface area contributed by atoms with Crippen molar-refractivity contribution in [3.8, 4) is 0 Å². The molecule has 1 fully saturated rings. The van der Waals surface area contributed by atoms with Gasteiger partial charge in [-0.05, 0) is 17.7 Å². The minimum Gasteiger partial charge on any atom is -0.394 e. The van der Waals surface area contributed by atoms with Gasteiger partial charge in [0.1, 0.15) is 11.9 Å². The molecule has 0 aromatic heterocycles. The van der Waals surface area contributed by atoms with Gasteiger partial charge in [-0.1, -0.05) is 24.3 Å². The predicted molar refractivity (Wildman–Crippen MR) is 107 cm³/mol. The van der Waals surface area contributed by atoms with Gasteiger partial charge in [0.05, 0.1) is 44.9 Å². The normalized spacial score (nSPS) is 24.4. The highest BCUT2D eigenvalue weighted by molar-refractivity contribution is 5.79. The van der Waals surface area contributed by atoms with Gasteiger partial charge in [0, 0.05) is 19.6 Å². The maximum absolute atomic E-state index is 13.2. The lowest BCUT2D eigenvalue weighted by molar-refractivity contribution is -0.129. The first-order chi connectivity index (χ1) is 14.5. The third kappa shape index (κ3) is 6.88. The lowest BCUT2D eigenvalue weighted by Crippen LogP contribution is -2.52. The van der Waals surface area contributed by atoms with Gasteiger partial charge in [0.15, 0.2) is 0 Å². The van der Waals surface area contributed by atoms with Crippen LogP contribution in [0.3, 0.4) is 0 Å². The van der Waals surface area contributed by atoms with Crippen LogP contribution < -0.4 is 10.6 Å². The van der Waals surface area contributed by atoms with Crippen molar-refractivity contribution in [1.29, 1.82) is 0 Å². The van der Waals surface area contributed by atoms with E-state index in [4.69, 9.17) is 9.47 Å². The first kappa shape index (κ1) is 22.4. The fourth-order valence-electron chi connectivity index (χ4n) is 3.43. The number of benzene rings is 1. The molecule has 0 spiro atoms. The summed E-state index contributed by atoms with van der Waals surface area (Å²) >= 11 is 0. The third-order valence-electron chi connectivity index (χ3n) is 5.03. The number of rotatable bonds is 8. The molecule has 3 rings (SSSR count). The van der Waals surface area contributed by atoms with Gasteiger partial charge in [0.25, 0.3) is 0 Å². The first-order valence-corrected chi connectivity index (χ1v) is 10.1. The number of hydrogen-bond donors (Lipinski definition) is 3. The van der Waals surface area contributed by atoms with Gasteiger partial charge in [-0.2, -0.15) is 0 Å². The fourth-order valence-corrected chi connectivity index (χ4v) is 3.43. The minimum absolute atomic E-state index is 0.0662. The zero-order valence-electron chi connectivity index (χ0n) is 16.8. The van der Waals surface area contributed by atoms with Crippen molar-refractivity contribution in [2.45, 2.75) is 31.2 Å². The first-order valence-electron chi connectivity index (χ1n) is 10.1. The molecule has 3 atom stereocenters. The molecule has 164 valence electrons. The van der Waals surface area contributed by atoms with Crippen molar-refractivity contribution < 1.29 is 28.6 Å². The van der Waals surface area contributed by atoms with Crippen LogP contribution in [-0.2, 0) is 25.6 Å². The summed E-state index contributed by atoms with van der Waals surface area (Å²) in [5, 5.41) is 15.2. The highest BCUT2D eigenvalue weighted by atomic mass is 19.1. The maximum Gasteiger partial charge on any atom is 0.234 e. The Kier molecular flexibility index (Phi) is 8.32. The Bertz CT molecular complexity index is 754. The molecule has 8 nitrogen and oxygen atoms in total. The van der Waals surface area contributed by atoms with Crippen LogP contribution in [0.5, 0.6) is 0 Å². The summed E-state index contributed by atoms with van der Waals surface area (Å²) in [6.07, 6.45) is 2.39. The zero-order chi connectivity index (χ0) is 21.3. The summed E-state index contributed by atoms with van der Waals surface area (Å²) in [7, 11) is 0. The maximum atomic E-state index is 13.2. The second kappa shape index (κ2) is 11.2. The molecule has 1 saturated heterocycles. The second-order valence-corrected chi connectivity index (χ2v) is 7.37. The lowest BCUT2D eigenvalue weighted by Gasteiger charge is -2.32. The molecule has 2 aliphatic rings. The summed E-state index contributed by atoms with van der Waals surface area (Å²) < 4.78 is 24.2. The quantitative estimate of drug-likeness (QED) is 0.510. The number of halogens is 1. The van der Waals surface area contributed by atoms with E-state index in [2.05, 4.69) is 10.6 Å². The molecule has 1 aromatic rings. The molecular weight excluding hydrogens is 393 g/mol. The molecule has 0 unspecified atom stereocenters. The van der Waals surface area contributed by atoms with Crippen LogP contribution >= 0.6 is 0 Å². The predicted octanol–water partition coefficient (Wildman–Crippen LogP) is -0.0351. The van der Waals surface area contributed by atoms with Crippen LogP contribution in [-0.4, -0.2) is 79.5 Å². The topological polar surface area (TPSA) is 100 Å². The molecule has 0 saturated carbocycles. The molecular formula is C21H28FN3O5. The van der Waals surface area contributed by atoms with Gasteiger partial charge in [-0.3, -0.25) is 14.5 Å². The highest BCUT2D eigenvalue weighted by Crippen LogP contribution is 2.16. The number of nitrogens with one attached hydrogen (secondary N) is 2. The average Bonchev–Trinajstić information content (AvgIpc) is 2.74. The Labute approximate surface area is 175 Å². The molecule has 0 radical (unpaired) electrons. The van der Waals surface area contributed by atoms with Crippen molar-refractivity contribution in [3.05, 3.63) is 47.8 Å². The third-order valence-corrected chi connectivity index (χ3v) is 5.03. The number of amides is 2. The van der Waals surface area contributed by atoms with Gasteiger partial charge >= 0.3 is 0 Å². The smallest absolute Gasteiger partial charge is 0.234 e. The summed E-state index contributed by atoms with van der Waals surface area (Å²) in [6.45, 7) is 2.84. The molecule has 1 aromatic carbocycles. The number of carbonyl (C=O) groups is 2. The number of ether oxygens (including phenoxy) is 2. The van der Waals surface area contributed by atoms with Gasteiger partial charge in [0.2, 0.25) is 11.8 Å². The SMILES string of the molecule is O=C(C[C@H]1C=C[C@@H](NC(=O)CN2CCOCC2)[C@@H](CO)O1)NCc1cccc(F)c1. The Hall–Kier alpha value is -2.33. The van der Waals surface area contributed by atoms with Crippen LogP contribution in [0.2, 0.25) is 0 Å². The van der Waals surface area contributed by atoms with E-state index in [1.165, 1.54) is 12.1 Å². The fraction of sp³-hybridized carbons (Fsp3) is 0.524. The number of aliphatic hydroxyl groups excluding tert-OH is 1. The molecule has 0 bridgehead atoms. The number of carbonyl (C=O) groups excluding carboxylic acids is 2. The van der Waals surface area contributed by atoms with Crippen LogP contribution in [0.4, 0.5) is 4.39 Å². The molecule has 30 heavy (non-hydrogen) atoms. The van der Waals surface area contributed by atoms with E-state index in [0.717, 1.165) is 0 Å². The van der Waals surface area contributed by atoms with Gasteiger partial charge in [-0.15, -0.1) is 0 Å². The molecule has 2 heterocycles. The van der Waals surface area contributed by atoms with E-state index in [9.17, 15) is 19.1 Å². The summed E-state index contributed by atoms with van der Waals surface area (Å²) in [5.41, 5.74) is 0.666. The zero-order valence-corrected chi connectivity index (χ0v) is 16.8. The second-order valence-electron chi connectivity index (χ2n) is 7.37. The summed E-state index contributed by atoms with van der Waals surface area (Å²) in [6, 6.07) is 5.56. The monoisotopic (exact) mass is 421 g/mol. The van der Waals surface area contributed by atoms with E-state index < -0.39 is 18.2 Å². The molecule has 0 aliphatic carbocycles. The van der Waals surface area contributed by atoms with Crippen molar-refractivity contribution in [3.63, 3.8) is 0 Å². The summed E-state index contributed by atoms with van der Waals surface area (Å²) in [4.78, 5) is 26.5. The molecule has 2 aliphatic heterocycles. The van der Waals surface area contributed by atoms with Crippen LogP contribution in [0, 0.1) is 5.82 Å². The van der Waals surface area contributed by atoms with Crippen LogP contribution in [0.1, 0.15) is 12.0 Å².